The predicted molar refractivity (Wildman–Crippen MR) is 102 cm³/mol. The van der Waals surface area contributed by atoms with Crippen LogP contribution < -0.4 is 0 Å². The number of carbonyl (C=O) groups is 1. The SMILES string of the molecule is CC(C)CN(CC(C)C)S(=O)(=O)c1ccc(C(=O)N2CCOCC2)cc1. The van der Waals surface area contributed by atoms with Crippen LogP contribution in [0.15, 0.2) is 29.2 Å². The average molecular weight is 383 g/mol. The number of rotatable bonds is 7. The van der Waals surface area contributed by atoms with Crippen LogP contribution in [0.4, 0.5) is 0 Å². The zero-order valence-corrected chi connectivity index (χ0v) is 17.0. The first-order chi connectivity index (χ1) is 12.2. The second-order valence-electron chi connectivity index (χ2n) is 7.54. The topological polar surface area (TPSA) is 66.9 Å². The Bertz CT molecular complexity index is 683. The van der Waals surface area contributed by atoms with Crippen molar-refractivity contribution in [2.45, 2.75) is 32.6 Å². The summed E-state index contributed by atoms with van der Waals surface area (Å²) in [7, 11) is -3.57. The first-order valence-electron chi connectivity index (χ1n) is 9.19. The summed E-state index contributed by atoms with van der Waals surface area (Å²) in [5.41, 5.74) is 0.505. The molecule has 1 amide bonds. The Hall–Kier alpha value is -1.44. The van der Waals surface area contributed by atoms with Crippen LogP contribution in [-0.2, 0) is 14.8 Å². The highest BCUT2D eigenvalue weighted by Crippen LogP contribution is 2.20. The Morgan fingerprint density at radius 3 is 2.00 bits per heavy atom. The van der Waals surface area contributed by atoms with Crippen LogP contribution in [0.25, 0.3) is 0 Å². The summed E-state index contributed by atoms with van der Waals surface area (Å²) in [6, 6.07) is 6.29. The van der Waals surface area contributed by atoms with Crippen molar-refractivity contribution in [3.05, 3.63) is 29.8 Å². The number of sulfonamides is 1. The number of benzene rings is 1. The van der Waals surface area contributed by atoms with Crippen LogP contribution >= 0.6 is 0 Å². The predicted octanol–water partition coefficient (Wildman–Crippen LogP) is 2.46. The maximum atomic E-state index is 13.0. The van der Waals surface area contributed by atoms with Crippen molar-refractivity contribution in [3.63, 3.8) is 0 Å². The summed E-state index contributed by atoms with van der Waals surface area (Å²) in [5.74, 6) is 0.398. The molecular weight excluding hydrogens is 352 g/mol. The largest absolute Gasteiger partial charge is 0.378 e. The lowest BCUT2D eigenvalue weighted by Gasteiger charge is -2.27. The molecule has 0 aliphatic carbocycles. The molecule has 6 nitrogen and oxygen atoms in total. The minimum Gasteiger partial charge on any atom is -0.378 e. The molecule has 1 saturated heterocycles. The molecule has 0 N–H and O–H groups in total. The third kappa shape index (κ3) is 5.28. The molecular formula is C19H30N2O4S. The van der Waals surface area contributed by atoms with Gasteiger partial charge in [-0.05, 0) is 36.1 Å². The molecule has 7 heteroatoms. The van der Waals surface area contributed by atoms with Gasteiger partial charge in [0.05, 0.1) is 18.1 Å². The lowest BCUT2D eigenvalue weighted by atomic mass is 10.2. The van der Waals surface area contributed by atoms with Crippen LogP contribution in [0, 0.1) is 11.8 Å². The minimum atomic E-state index is -3.57. The number of hydrogen-bond acceptors (Lipinski definition) is 4. The Morgan fingerprint density at radius 1 is 1.04 bits per heavy atom. The van der Waals surface area contributed by atoms with Gasteiger partial charge in [-0.1, -0.05) is 27.7 Å². The molecule has 1 fully saturated rings. The maximum absolute atomic E-state index is 13.0. The molecule has 0 aromatic heterocycles. The van der Waals surface area contributed by atoms with E-state index in [1.165, 1.54) is 12.1 Å². The summed E-state index contributed by atoms with van der Waals surface area (Å²) in [5, 5.41) is 0. The van der Waals surface area contributed by atoms with E-state index in [9.17, 15) is 13.2 Å². The number of amides is 1. The molecule has 26 heavy (non-hydrogen) atoms. The van der Waals surface area contributed by atoms with E-state index in [0.29, 0.717) is 45.0 Å². The van der Waals surface area contributed by atoms with E-state index in [4.69, 9.17) is 4.74 Å². The van der Waals surface area contributed by atoms with Gasteiger partial charge in [-0.2, -0.15) is 4.31 Å². The molecule has 0 spiro atoms. The normalized spacial score (nSPS) is 15.9. The van der Waals surface area contributed by atoms with Gasteiger partial charge in [0.2, 0.25) is 10.0 Å². The number of hydrogen-bond donors (Lipinski definition) is 0. The molecule has 0 unspecified atom stereocenters. The summed E-state index contributed by atoms with van der Waals surface area (Å²) in [6.45, 7) is 11.2. The van der Waals surface area contributed by atoms with Crippen LogP contribution in [0.3, 0.4) is 0 Å². The number of ether oxygens (including phenoxy) is 1. The van der Waals surface area contributed by atoms with Crippen molar-refractivity contribution >= 4 is 15.9 Å². The highest BCUT2D eigenvalue weighted by Gasteiger charge is 2.26. The van der Waals surface area contributed by atoms with E-state index < -0.39 is 10.0 Å². The molecule has 2 rings (SSSR count). The van der Waals surface area contributed by atoms with Crippen LogP contribution in [0.2, 0.25) is 0 Å². The van der Waals surface area contributed by atoms with Gasteiger partial charge < -0.3 is 9.64 Å². The Morgan fingerprint density at radius 2 is 1.54 bits per heavy atom. The van der Waals surface area contributed by atoms with E-state index in [-0.39, 0.29) is 22.6 Å². The highest BCUT2D eigenvalue weighted by atomic mass is 32.2. The van der Waals surface area contributed by atoms with Crippen LogP contribution in [0.5, 0.6) is 0 Å². The minimum absolute atomic E-state index is 0.0848. The summed E-state index contributed by atoms with van der Waals surface area (Å²) in [4.78, 5) is 14.5. The van der Waals surface area contributed by atoms with Gasteiger partial charge in [0.1, 0.15) is 0 Å². The van der Waals surface area contributed by atoms with Gasteiger partial charge in [0.15, 0.2) is 0 Å². The number of nitrogens with zero attached hydrogens (tertiary/aromatic N) is 2. The smallest absolute Gasteiger partial charge is 0.254 e. The average Bonchev–Trinajstić information content (AvgIpc) is 2.60. The van der Waals surface area contributed by atoms with E-state index in [2.05, 4.69) is 0 Å². The first-order valence-corrected chi connectivity index (χ1v) is 10.6. The molecule has 146 valence electrons. The lowest BCUT2D eigenvalue weighted by molar-refractivity contribution is 0.0303. The molecule has 0 atom stereocenters. The van der Waals surface area contributed by atoms with E-state index in [0.717, 1.165) is 0 Å². The Labute approximate surface area is 157 Å². The van der Waals surface area contributed by atoms with Crippen molar-refractivity contribution in [1.82, 2.24) is 9.21 Å². The van der Waals surface area contributed by atoms with Gasteiger partial charge in [0.25, 0.3) is 5.91 Å². The van der Waals surface area contributed by atoms with Crippen LogP contribution in [0.1, 0.15) is 38.1 Å². The molecule has 0 bridgehead atoms. The van der Waals surface area contributed by atoms with Gasteiger partial charge in [-0.15, -0.1) is 0 Å². The standard InChI is InChI=1S/C19H30N2O4S/c1-15(2)13-21(14-16(3)4)26(23,24)18-7-5-17(6-8-18)19(22)20-9-11-25-12-10-20/h5-8,15-16H,9-14H2,1-4H3. The Balaban J connectivity index is 2.19. The third-order valence-corrected chi connectivity index (χ3v) is 6.02. The van der Waals surface area contributed by atoms with E-state index in [1.54, 1.807) is 21.3 Å². The number of morpholine rings is 1. The summed E-state index contributed by atoms with van der Waals surface area (Å²) in [6.07, 6.45) is 0. The fourth-order valence-electron chi connectivity index (χ4n) is 2.95. The van der Waals surface area contributed by atoms with Gasteiger partial charge in [0, 0.05) is 31.7 Å². The fourth-order valence-corrected chi connectivity index (χ4v) is 4.72. The molecule has 1 heterocycles. The lowest BCUT2D eigenvalue weighted by Crippen LogP contribution is -2.40. The maximum Gasteiger partial charge on any atom is 0.254 e. The fraction of sp³-hybridized carbons (Fsp3) is 0.632. The van der Waals surface area contributed by atoms with Crippen molar-refractivity contribution in [2.24, 2.45) is 11.8 Å². The molecule has 1 aliphatic heterocycles. The zero-order valence-electron chi connectivity index (χ0n) is 16.1. The zero-order chi connectivity index (χ0) is 19.3. The number of carbonyl (C=O) groups excluding carboxylic acids is 1. The van der Waals surface area contributed by atoms with E-state index in [1.807, 2.05) is 27.7 Å². The third-order valence-electron chi connectivity index (χ3n) is 4.17. The van der Waals surface area contributed by atoms with Crippen LogP contribution in [-0.4, -0.2) is 62.9 Å². The highest BCUT2D eigenvalue weighted by molar-refractivity contribution is 7.89. The molecule has 1 aromatic carbocycles. The first kappa shape index (κ1) is 20.9. The van der Waals surface area contributed by atoms with E-state index >= 15 is 0 Å². The second-order valence-corrected chi connectivity index (χ2v) is 9.48. The monoisotopic (exact) mass is 382 g/mol. The van der Waals surface area contributed by atoms with Gasteiger partial charge >= 0.3 is 0 Å². The van der Waals surface area contributed by atoms with Crippen molar-refractivity contribution in [3.8, 4) is 0 Å². The van der Waals surface area contributed by atoms with Crippen molar-refractivity contribution in [2.75, 3.05) is 39.4 Å². The van der Waals surface area contributed by atoms with Gasteiger partial charge in [-0.3, -0.25) is 4.79 Å². The van der Waals surface area contributed by atoms with Gasteiger partial charge in [-0.25, -0.2) is 8.42 Å². The second kappa shape index (κ2) is 8.97. The quantitative estimate of drug-likeness (QED) is 0.727. The molecule has 0 radical (unpaired) electrons. The molecule has 0 saturated carbocycles. The molecule has 1 aromatic rings. The van der Waals surface area contributed by atoms with Crippen molar-refractivity contribution < 1.29 is 17.9 Å². The summed E-state index contributed by atoms with van der Waals surface area (Å²) >= 11 is 0. The molecule has 1 aliphatic rings. The Kier molecular flexibility index (Phi) is 7.20. The summed E-state index contributed by atoms with van der Waals surface area (Å²) < 4.78 is 32.8. The van der Waals surface area contributed by atoms with Crippen molar-refractivity contribution in [1.29, 1.82) is 0 Å².